The van der Waals surface area contributed by atoms with E-state index in [1.807, 2.05) is 0 Å². The number of rotatable bonds is 4. The van der Waals surface area contributed by atoms with Crippen LogP contribution in [0.4, 0.5) is 5.69 Å². The van der Waals surface area contributed by atoms with Crippen LogP contribution in [0.2, 0.25) is 0 Å². The molecular formula is C15H11NO4. The molecule has 0 heterocycles. The maximum Gasteiger partial charge on any atom is 0.273 e. The summed E-state index contributed by atoms with van der Waals surface area (Å²) in [6, 6.07) is 12.2. The van der Waals surface area contributed by atoms with E-state index < -0.39 is 16.5 Å². The number of carbonyl (C=O) groups is 2. The van der Waals surface area contributed by atoms with Gasteiger partial charge in [0.2, 0.25) is 11.6 Å². The molecule has 0 fully saturated rings. The number of hydrogen-bond acceptors (Lipinski definition) is 4. The molecule has 20 heavy (non-hydrogen) atoms. The fourth-order valence-corrected chi connectivity index (χ4v) is 1.91. The summed E-state index contributed by atoms with van der Waals surface area (Å²) in [6.07, 6.45) is 0. The van der Waals surface area contributed by atoms with E-state index in [1.165, 1.54) is 37.3 Å². The molecule has 0 atom stereocenters. The molecule has 0 aliphatic carbocycles. The summed E-state index contributed by atoms with van der Waals surface area (Å²) in [5, 5.41) is 10.8. The minimum Gasteiger partial charge on any atom is -0.285 e. The molecule has 2 rings (SSSR count). The Labute approximate surface area is 115 Å². The van der Waals surface area contributed by atoms with Crippen LogP contribution in [0.25, 0.3) is 0 Å². The fraction of sp³-hybridized carbons (Fsp3) is 0.0667. The first-order valence-electron chi connectivity index (χ1n) is 5.90. The predicted octanol–water partition coefficient (Wildman–Crippen LogP) is 2.97. The van der Waals surface area contributed by atoms with Gasteiger partial charge in [-0.15, -0.1) is 0 Å². The minimum atomic E-state index is -0.739. The summed E-state index contributed by atoms with van der Waals surface area (Å²) >= 11 is 0. The minimum absolute atomic E-state index is 0.0630. The standard InChI is InChI=1S/C15H11NO4/c1-10-12(8-5-9-13(10)16(19)20)15(18)14(17)11-6-3-2-4-7-11/h2-9H,1H3. The molecule has 100 valence electrons. The topological polar surface area (TPSA) is 77.3 Å². The van der Waals surface area contributed by atoms with Crippen LogP contribution < -0.4 is 0 Å². The summed E-state index contributed by atoms with van der Waals surface area (Å²) in [5.41, 5.74) is 0.361. The summed E-state index contributed by atoms with van der Waals surface area (Å²) in [6.45, 7) is 1.46. The third-order valence-electron chi connectivity index (χ3n) is 2.99. The average Bonchev–Trinajstić information content (AvgIpc) is 2.46. The molecule has 0 bridgehead atoms. The second-order valence-corrected chi connectivity index (χ2v) is 4.23. The molecule has 0 aliphatic heterocycles. The maximum atomic E-state index is 12.2. The first-order valence-corrected chi connectivity index (χ1v) is 5.90. The molecule has 0 aliphatic rings. The van der Waals surface area contributed by atoms with Gasteiger partial charge in [-0.2, -0.15) is 0 Å². The molecule has 5 heteroatoms. The second kappa shape index (κ2) is 5.44. The summed E-state index contributed by atoms with van der Waals surface area (Å²) in [7, 11) is 0. The van der Waals surface area contributed by atoms with Crippen LogP contribution in [0.5, 0.6) is 0 Å². The van der Waals surface area contributed by atoms with Crippen molar-refractivity contribution in [3.63, 3.8) is 0 Å². The first kappa shape index (κ1) is 13.6. The van der Waals surface area contributed by atoms with Crippen LogP contribution in [-0.4, -0.2) is 16.5 Å². The van der Waals surface area contributed by atoms with Crippen LogP contribution in [-0.2, 0) is 0 Å². The zero-order chi connectivity index (χ0) is 14.7. The lowest BCUT2D eigenvalue weighted by atomic mass is 9.97. The van der Waals surface area contributed by atoms with E-state index in [-0.39, 0.29) is 22.4 Å². The number of carbonyl (C=O) groups excluding carboxylic acids is 2. The van der Waals surface area contributed by atoms with Gasteiger partial charge in [0.05, 0.1) is 4.92 Å². The monoisotopic (exact) mass is 269 g/mol. The highest BCUT2D eigenvalue weighted by atomic mass is 16.6. The number of ketones is 2. The van der Waals surface area contributed by atoms with Crippen molar-refractivity contribution < 1.29 is 14.5 Å². The molecule has 0 N–H and O–H groups in total. The molecular weight excluding hydrogens is 258 g/mol. The van der Waals surface area contributed by atoms with E-state index in [2.05, 4.69) is 0 Å². The van der Waals surface area contributed by atoms with Gasteiger partial charge in [-0.1, -0.05) is 42.5 Å². The Morgan fingerprint density at radius 2 is 1.60 bits per heavy atom. The first-order chi connectivity index (χ1) is 9.52. The van der Waals surface area contributed by atoms with E-state index in [0.29, 0.717) is 0 Å². The van der Waals surface area contributed by atoms with Crippen LogP contribution >= 0.6 is 0 Å². The van der Waals surface area contributed by atoms with Gasteiger partial charge in [0.1, 0.15) is 0 Å². The van der Waals surface area contributed by atoms with Crippen molar-refractivity contribution in [2.45, 2.75) is 6.92 Å². The zero-order valence-electron chi connectivity index (χ0n) is 10.7. The van der Waals surface area contributed by atoms with Crippen molar-refractivity contribution in [1.29, 1.82) is 0 Å². The van der Waals surface area contributed by atoms with Crippen molar-refractivity contribution in [2.75, 3.05) is 0 Å². The molecule has 2 aromatic rings. The number of benzene rings is 2. The van der Waals surface area contributed by atoms with E-state index >= 15 is 0 Å². The SMILES string of the molecule is Cc1c(C(=O)C(=O)c2ccccc2)cccc1[N+](=O)[O-]. The lowest BCUT2D eigenvalue weighted by Crippen LogP contribution is -2.16. The number of hydrogen-bond donors (Lipinski definition) is 0. The number of nitro benzene ring substituents is 1. The molecule has 2 aromatic carbocycles. The quantitative estimate of drug-likeness (QED) is 0.370. The highest BCUT2D eigenvalue weighted by molar-refractivity contribution is 6.49. The maximum absolute atomic E-state index is 12.2. The fourth-order valence-electron chi connectivity index (χ4n) is 1.91. The molecule has 5 nitrogen and oxygen atoms in total. The summed E-state index contributed by atoms with van der Waals surface area (Å²) < 4.78 is 0. The Hall–Kier alpha value is -2.82. The van der Waals surface area contributed by atoms with Crippen LogP contribution in [0, 0.1) is 17.0 Å². The Morgan fingerprint density at radius 1 is 0.950 bits per heavy atom. The van der Waals surface area contributed by atoms with Crippen LogP contribution in [0.1, 0.15) is 26.3 Å². The van der Waals surface area contributed by atoms with Gasteiger partial charge >= 0.3 is 0 Å². The molecule has 0 amide bonds. The predicted molar refractivity (Wildman–Crippen MR) is 72.9 cm³/mol. The van der Waals surface area contributed by atoms with Crippen molar-refractivity contribution in [3.8, 4) is 0 Å². The Kier molecular flexibility index (Phi) is 3.70. The molecule has 0 unspecified atom stereocenters. The highest BCUT2D eigenvalue weighted by Gasteiger charge is 2.23. The van der Waals surface area contributed by atoms with Gasteiger partial charge in [-0.05, 0) is 6.92 Å². The Bertz CT molecular complexity index is 692. The molecule has 0 saturated heterocycles. The van der Waals surface area contributed by atoms with Crippen LogP contribution in [0.15, 0.2) is 48.5 Å². The average molecular weight is 269 g/mol. The zero-order valence-corrected chi connectivity index (χ0v) is 10.7. The van der Waals surface area contributed by atoms with E-state index in [9.17, 15) is 19.7 Å². The van der Waals surface area contributed by atoms with Crippen molar-refractivity contribution in [2.24, 2.45) is 0 Å². The summed E-state index contributed by atoms with van der Waals surface area (Å²) in [4.78, 5) is 34.5. The normalized spacial score (nSPS) is 10.1. The number of Topliss-reactive ketones (excluding diaryl/α,β-unsaturated/α-hetero) is 2. The Morgan fingerprint density at radius 3 is 2.20 bits per heavy atom. The second-order valence-electron chi connectivity index (χ2n) is 4.23. The smallest absolute Gasteiger partial charge is 0.273 e. The third kappa shape index (κ3) is 2.47. The van der Waals surface area contributed by atoms with Gasteiger partial charge in [-0.3, -0.25) is 19.7 Å². The number of nitro groups is 1. The van der Waals surface area contributed by atoms with Crippen LogP contribution in [0.3, 0.4) is 0 Å². The summed E-state index contributed by atoms with van der Waals surface area (Å²) in [5.74, 6) is -1.41. The van der Waals surface area contributed by atoms with Gasteiger partial charge in [0.15, 0.2) is 0 Å². The van der Waals surface area contributed by atoms with Gasteiger partial charge in [-0.25, -0.2) is 0 Å². The third-order valence-corrected chi connectivity index (χ3v) is 2.99. The van der Waals surface area contributed by atoms with E-state index in [1.54, 1.807) is 18.2 Å². The largest absolute Gasteiger partial charge is 0.285 e. The van der Waals surface area contributed by atoms with Crippen molar-refractivity contribution in [3.05, 3.63) is 75.3 Å². The number of nitrogens with zero attached hydrogens (tertiary/aromatic N) is 1. The van der Waals surface area contributed by atoms with E-state index in [0.717, 1.165) is 0 Å². The lowest BCUT2D eigenvalue weighted by Gasteiger charge is -2.04. The lowest BCUT2D eigenvalue weighted by molar-refractivity contribution is -0.385. The molecule has 0 spiro atoms. The van der Waals surface area contributed by atoms with Gasteiger partial charge in [0.25, 0.3) is 5.69 Å². The highest BCUT2D eigenvalue weighted by Crippen LogP contribution is 2.22. The Balaban J connectivity index is 2.42. The molecule has 0 radical (unpaired) electrons. The van der Waals surface area contributed by atoms with Gasteiger partial charge in [0, 0.05) is 22.8 Å². The van der Waals surface area contributed by atoms with Crippen molar-refractivity contribution >= 4 is 17.3 Å². The molecule has 0 saturated carbocycles. The van der Waals surface area contributed by atoms with E-state index in [4.69, 9.17) is 0 Å². The molecule has 0 aromatic heterocycles. The van der Waals surface area contributed by atoms with Crippen molar-refractivity contribution in [1.82, 2.24) is 0 Å². The van der Waals surface area contributed by atoms with Gasteiger partial charge < -0.3 is 0 Å².